The second-order valence-corrected chi connectivity index (χ2v) is 5.42. The highest BCUT2D eigenvalue weighted by atomic mass is 35.5. The molecule has 1 amide bonds. The topological polar surface area (TPSA) is 78.4 Å². The van der Waals surface area contributed by atoms with Crippen LogP contribution >= 0.6 is 24.0 Å². The number of aromatic carboxylic acids is 1. The molecule has 1 fully saturated rings. The van der Waals surface area contributed by atoms with Crippen molar-refractivity contribution in [2.75, 3.05) is 18.4 Å². The molecule has 1 saturated heterocycles. The number of piperidine rings is 1. The van der Waals surface area contributed by atoms with Crippen LogP contribution in [0.2, 0.25) is 5.02 Å². The number of hydrogen-bond acceptors (Lipinski definition) is 3. The van der Waals surface area contributed by atoms with Crippen LogP contribution in [0.15, 0.2) is 12.1 Å². The second kappa shape index (κ2) is 7.64. The predicted octanol–water partition coefficient (Wildman–Crippen LogP) is 2.71. The molecule has 0 aromatic heterocycles. The number of carboxylic acids is 1. The summed E-state index contributed by atoms with van der Waals surface area (Å²) in [6, 6.07) is 2.99. The summed E-state index contributed by atoms with van der Waals surface area (Å²) in [6.45, 7) is 3.28. The number of rotatable bonds is 3. The van der Waals surface area contributed by atoms with Crippen LogP contribution in [0.5, 0.6) is 0 Å². The predicted molar refractivity (Wildman–Crippen MR) is 84.6 cm³/mol. The van der Waals surface area contributed by atoms with E-state index in [1.54, 1.807) is 13.0 Å². The van der Waals surface area contributed by atoms with Gasteiger partial charge in [0.15, 0.2) is 0 Å². The number of hydrogen-bond donors (Lipinski definition) is 3. The SMILES string of the molecule is Cc1cc(Cl)cc(C(=O)O)c1NC(=O)C1CCCNC1.Cl. The Bertz CT molecular complexity index is 543. The lowest BCUT2D eigenvalue weighted by atomic mass is 9.98. The lowest BCUT2D eigenvalue weighted by molar-refractivity contribution is -0.120. The van der Waals surface area contributed by atoms with Gasteiger partial charge in [-0.1, -0.05) is 11.6 Å². The fourth-order valence-corrected chi connectivity index (χ4v) is 2.65. The Balaban J connectivity index is 0.00000220. The monoisotopic (exact) mass is 332 g/mol. The van der Waals surface area contributed by atoms with Gasteiger partial charge in [0.25, 0.3) is 0 Å². The third-order valence-electron chi connectivity index (χ3n) is 3.45. The molecule has 5 nitrogen and oxygen atoms in total. The number of anilines is 1. The summed E-state index contributed by atoms with van der Waals surface area (Å²) in [5.41, 5.74) is 0.997. The number of nitrogens with one attached hydrogen (secondary N) is 2. The number of carboxylic acid groups (broad SMARTS) is 1. The van der Waals surface area contributed by atoms with E-state index in [4.69, 9.17) is 11.6 Å². The molecular weight excluding hydrogens is 315 g/mol. The Morgan fingerprint density at radius 2 is 2.14 bits per heavy atom. The quantitative estimate of drug-likeness (QED) is 0.795. The maximum atomic E-state index is 12.2. The van der Waals surface area contributed by atoms with Crippen LogP contribution in [0.1, 0.15) is 28.8 Å². The summed E-state index contributed by atoms with van der Waals surface area (Å²) in [7, 11) is 0. The largest absolute Gasteiger partial charge is 0.478 e. The van der Waals surface area contributed by atoms with Crippen LogP contribution in [0, 0.1) is 12.8 Å². The molecular formula is C14H18Cl2N2O3. The summed E-state index contributed by atoms with van der Waals surface area (Å²) >= 11 is 5.87. The highest BCUT2D eigenvalue weighted by molar-refractivity contribution is 6.31. The molecule has 0 bridgehead atoms. The van der Waals surface area contributed by atoms with Gasteiger partial charge in [0, 0.05) is 11.6 Å². The molecule has 1 aliphatic rings. The first kappa shape index (κ1) is 17.8. The minimum Gasteiger partial charge on any atom is -0.478 e. The van der Waals surface area contributed by atoms with Crippen LogP contribution in [0.25, 0.3) is 0 Å². The first-order valence-electron chi connectivity index (χ1n) is 6.54. The maximum Gasteiger partial charge on any atom is 0.337 e. The lowest BCUT2D eigenvalue weighted by Gasteiger charge is -2.23. The van der Waals surface area contributed by atoms with Crippen molar-refractivity contribution >= 4 is 41.6 Å². The number of halogens is 2. The molecule has 116 valence electrons. The third-order valence-corrected chi connectivity index (χ3v) is 3.66. The molecule has 21 heavy (non-hydrogen) atoms. The van der Waals surface area contributed by atoms with Crippen LogP contribution in [0.4, 0.5) is 5.69 Å². The molecule has 3 N–H and O–H groups in total. The fraction of sp³-hybridized carbons (Fsp3) is 0.429. The Morgan fingerprint density at radius 3 is 2.71 bits per heavy atom. The van der Waals surface area contributed by atoms with Gasteiger partial charge in [0.05, 0.1) is 17.2 Å². The van der Waals surface area contributed by atoms with Crippen molar-refractivity contribution in [3.63, 3.8) is 0 Å². The van der Waals surface area contributed by atoms with E-state index < -0.39 is 5.97 Å². The van der Waals surface area contributed by atoms with E-state index in [1.807, 2.05) is 0 Å². The molecule has 0 radical (unpaired) electrons. The van der Waals surface area contributed by atoms with E-state index in [0.29, 0.717) is 22.8 Å². The van der Waals surface area contributed by atoms with Gasteiger partial charge in [-0.25, -0.2) is 4.79 Å². The maximum absolute atomic E-state index is 12.2. The molecule has 7 heteroatoms. The standard InChI is InChI=1S/C14H17ClN2O3.ClH/c1-8-5-10(15)6-11(14(19)20)12(8)17-13(18)9-3-2-4-16-7-9;/h5-6,9,16H,2-4,7H2,1H3,(H,17,18)(H,19,20);1H. The molecule has 1 aliphatic heterocycles. The number of benzene rings is 1. The van der Waals surface area contributed by atoms with Crippen molar-refractivity contribution in [3.05, 3.63) is 28.3 Å². The van der Waals surface area contributed by atoms with Crippen molar-refractivity contribution < 1.29 is 14.7 Å². The zero-order valence-corrected chi connectivity index (χ0v) is 13.2. The van der Waals surface area contributed by atoms with Crippen LogP contribution in [-0.2, 0) is 4.79 Å². The van der Waals surface area contributed by atoms with Crippen molar-refractivity contribution in [2.24, 2.45) is 5.92 Å². The summed E-state index contributed by atoms with van der Waals surface area (Å²) in [5.74, 6) is -1.38. The summed E-state index contributed by atoms with van der Waals surface area (Å²) < 4.78 is 0. The third kappa shape index (κ3) is 4.33. The Hall–Kier alpha value is -1.30. The van der Waals surface area contributed by atoms with E-state index in [2.05, 4.69) is 10.6 Å². The number of carbonyl (C=O) groups excluding carboxylic acids is 1. The van der Waals surface area contributed by atoms with E-state index in [-0.39, 0.29) is 29.8 Å². The average Bonchev–Trinajstić information content (AvgIpc) is 2.42. The molecule has 1 heterocycles. The minimum atomic E-state index is -1.10. The van der Waals surface area contributed by atoms with Crippen molar-refractivity contribution in [2.45, 2.75) is 19.8 Å². The average molecular weight is 333 g/mol. The highest BCUT2D eigenvalue weighted by Crippen LogP contribution is 2.26. The smallest absolute Gasteiger partial charge is 0.337 e. The van der Waals surface area contributed by atoms with E-state index in [0.717, 1.165) is 19.4 Å². The van der Waals surface area contributed by atoms with Crippen LogP contribution in [-0.4, -0.2) is 30.1 Å². The minimum absolute atomic E-state index is 0. The van der Waals surface area contributed by atoms with E-state index >= 15 is 0 Å². The summed E-state index contributed by atoms with van der Waals surface area (Å²) in [4.78, 5) is 23.5. The van der Waals surface area contributed by atoms with Crippen molar-refractivity contribution in [1.29, 1.82) is 0 Å². The zero-order valence-electron chi connectivity index (χ0n) is 11.6. The van der Waals surface area contributed by atoms with Crippen LogP contribution < -0.4 is 10.6 Å². The highest BCUT2D eigenvalue weighted by Gasteiger charge is 2.23. The molecule has 0 aliphatic carbocycles. The fourth-order valence-electron chi connectivity index (χ4n) is 2.38. The Labute approximate surface area is 134 Å². The van der Waals surface area contributed by atoms with Gasteiger partial charge >= 0.3 is 5.97 Å². The molecule has 1 aromatic carbocycles. The summed E-state index contributed by atoms with van der Waals surface area (Å²) in [6.07, 6.45) is 1.76. The second-order valence-electron chi connectivity index (χ2n) is 4.98. The van der Waals surface area contributed by atoms with Crippen molar-refractivity contribution in [3.8, 4) is 0 Å². The van der Waals surface area contributed by atoms with Gasteiger partial charge in [-0.05, 0) is 44.0 Å². The van der Waals surface area contributed by atoms with Gasteiger partial charge in [-0.2, -0.15) is 0 Å². The van der Waals surface area contributed by atoms with Gasteiger partial charge < -0.3 is 15.7 Å². The number of amides is 1. The first-order chi connectivity index (χ1) is 9.49. The Morgan fingerprint density at radius 1 is 1.43 bits per heavy atom. The summed E-state index contributed by atoms with van der Waals surface area (Å²) in [5, 5.41) is 15.5. The molecule has 2 rings (SSSR count). The lowest BCUT2D eigenvalue weighted by Crippen LogP contribution is -2.37. The first-order valence-corrected chi connectivity index (χ1v) is 6.92. The molecule has 1 unspecified atom stereocenters. The van der Waals surface area contributed by atoms with Crippen molar-refractivity contribution in [1.82, 2.24) is 5.32 Å². The van der Waals surface area contributed by atoms with Gasteiger partial charge in [0.2, 0.25) is 5.91 Å². The number of carbonyl (C=O) groups is 2. The van der Waals surface area contributed by atoms with Crippen LogP contribution in [0.3, 0.4) is 0 Å². The molecule has 0 spiro atoms. The van der Waals surface area contributed by atoms with Gasteiger partial charge in [-0.15, -0.1) is 12.4 Å². The van der Waals surface area contributed by atoms with E-state index in [1.165, 1.54) is 6.07 Å². The van der Waals surface area contributed by atoms with Gasteiger partial charge in [-0.3, -0.25) is 4.79 Å². The zero-order chi connectivity index (χ0) is 14.7. The number of aryl methyl sites for hydroxylation is 1. The Kier molecular flexibility index (Phi) is 6.45. The van der Waals surface area contributed by atoms with Gasteiger partial charge in [0.1, 0.15) is 0 Å². The molecule has 0 saturated carbocycles. The molecule has 1 atom stereocenters. The van der Waals surface area contributed by atoms with E-state index in [9.17, 15) is 14.7 Å². The normalized spacial score (nSPS) is 17.7. The molecule has 1 aromatic rings.